The summed E-state index contributed by atoms with van der Waals surface area (Å²) in [4.78, 5) is 1.91. The Morgan fingerprint density at radius 3 is 2.48 bits per heavy atom. The van der Waals surface area contributed by atoms with E-state index < -0.39 is 16.2 Å². The van der Waals surface area contributed by atoms with Crippen molar-refractivity contribution in [3.8, 4) is 0 Å². The minimum Gasteiger partial charge on any atom is -0.351 e. The van der Waals surface area contributed by atoms with E-state index in [1.54, 1.807) is 47.4 Å². The van der Waals surface area contributed by atoms with Crippen LogP contribution in [0.25, 0.3) is 10.9 Å². The summed E-state index contributed by atoms with van der Waals surface area (Å²) < 4.78 is 41.5. The van der Waals surface area contributed by atoms with Crippen LogP contribution in [0.1, 0.15) is 12.5 Å². The molecule has 0 N–H and O–H groups in total. The molecular weight excluding hydrogens is 389 g/mol. The van der Waals surface area contributed by atoms with E-state index in [4.69, 9.17) is 11.6 Å². The zero-order valence-electron chi connectivity index (χ0n) is 14.9. The van der Waals surface area contributed by atoms with Gasteiger partial charge in [0, 0.05) is 12.5 Å². The molecule has 1 aromatic heterocycles. The van der Waals surface area contributed by atoms with Crippen molar-refractivity contribution in [1.29, 1.82) is 0 Å². The standard InChI is InChI=1S/C19H19ClFN3O2S/c1-12-6-8-14(9-7-12)27(25,26)24-17-5-3-4-15(20)18(17)19(22-24)23-10-13(2)16(21)11-23/h3-9,13,16H,10-11H2,1-2H3. The molecule has 0 aliphatic carbocycles. The Kier molecular flexibility index (Phi) is 4.39. The second-order valence-electron chi connectivity index (χ2n) is 7.02. The van der Waals surface area contributed by atoms with E-state index in [0.29, 0.717) is 28.3 Å². The van der Waals surface area contributed by atoms with Crippen LogP contribution in [0.2, 0.25) is 5.02 Å². The number of aryl methyl sites for hydroxylation is 1. The van der Waals surface area contributed by atoms with Crippen molar-refractivity contribution in [2.24, 2.45) is 5.92 Å². The van der Waals surface area contributed by atoms with Gasteiger partial charge in [0.05, 0.1) is 27.4 Å². The first kappa shape index (κ1) is 18.3. The molecule has 1 saturated heterocycles. The highest BCUT2D eigenvalue weighted by Gasteiger charge is 2.34. The lowest BCUT2D eigenvalue weighted by molar-refractivity contribution is 0.299. The molecule has 1 aliphatic heterocycles. The van der Waals surface area contributed by atoms with Crippen LogP contribution in [0.4, 0.5) is 10.2 Å². The number of hydrogen-bond donors (Lipinski definition) is 0. The van der Waals surface area contributed by atoms with Crippen LogP contribution >= 0.6 is 11.6 Å². The van der Waals surface area contributed by atoms with Gasteiger partial charge < -0.3 is 4.90 Å². The van der Waals surface area contributed by atoms with Gasteiger partial charge in [-0.05, 0) is 31.2 Å². The number of hydrogen-bond acceptors (Lipinski definition) is 4. The third-order valence-corrected chi connectivity index (χ3v) is 6.89. The molecule has 1 aliphatic rings. The van der Waals surface area contributed by atoms with Crippen molar-refractivity contribution in [1.82, 2.24) is 9.19 Å². The van der Waals surface area contributed by atoms with Gasteiger partial charge >= 0.3 is 0 Å². The molecular formula is C19H19ClFN3O2S. The van der Waals surface area contributed by atoms with Crippen molar-refractivity contribution in [3.05, 3.63) is 53.1 Å². The molecule has 5 nitrogen and oxygen atoms in total. The zero-order chi connectivity index (χ0) is 19.3. The Hall–Kier alpha value is -2.12. The van der Waals surface area contributed by atoms with Crippen molar-refractivity contribution in [2.75, 3.05) is 18.0 Å². The smallest absolute Gasteiger partial charge is 0.283 e. The number of anilines is 1. The van der Waals surface area contributed by atoms with Crippen LogP contribution in [0.3, 0.4) is 0 Å². The van der Waals surface area contributed by atoms with Gasteiger partial charge in [0.1, 0.15) is 6.17 Å². The number of halogens is 2. The van der Waals surface area contributed by atoms with Crippen molar-refractivity contribution >= 4 is 38.3 Å². The maximum atomic E-state index is 14.1. The Morgan fingerprint density at radius 2 is 1.85 bits per heavy atom. The van der Waals surface area contributed by atoms with E-state index in [1.165, 1.54) is 0 Å². The summed E-state index contributed by atoms with van der Waals surface area (Å²) in [6.45, 7) is 4.35. The Labute approximate surface area is 162 Å². The zero-order valence-corrected chi connectivity index (χ0v) is 16.5. The van der Waals surface area contributed by atoms with Gasteiger partial charge in [-0.1, -0.05) is 42.3 Å². The minimum atomic E-state index is -3.91. The van der Waals surface area contributed by atoms with Gasteiger partial charge in [-0.3, -0.25) is 0 Å². The first-order valence-electron chi connectivity index (χ1n) is 8.67. The minimum absolute atomic E-state index is 0.141. The number of benzene rings is 2. The van der Waals surface area contributed by atoms with E-state index in [1.807, 2.05) is 13.8 Å². The normalized spacial score (nSPS) is 20.5. The first-order chi connectivity index (χ1) is 12.8. The van der Waals surface area contributed by atoms with Crippen LogP contribution in [0, 0.1) is 12.8 Å². The molecule has 2 aromatic carbocycles. The number of fused-ring (bicyclic) bond motifs is 1. The van der Waals surface area contributed by atoms with E-state index in [-0.39, 0.29) is 17.4 Å². The highest BCUT2D eigenvalue weighted by Crippen LogP contribution is 2.36. The largest absolute Gasteiger partial charge is 0.351 e. The maximum Gasteiger partial charge on any atom is 0.283 e. The fourth-order valence-electron chi connectivity index (χ4n) is 3.40. The molecule has 0 saturated carbocycles. The quantitative estimate of drug-likeness (QED) is 0.657. The lowest BCUT2D eigenvalue weighted by Gasteiger charge is -2.15. The molecule has 3 aromatic rings. The average Bonchev–Trinajstić information content (AvgIpc) is 3.17. The van der Waals surface area contributed by atoms with Crippen LogP contribution in [-0.4, -0.2) is 36.9 Å². The first-order valence-corrected chi connectivity index (χ1v) is 10.5. The molecule has 142 valence electrons. The van der Waals surface area contributed by atoms with E-state index in [9.17, 15) is 12.8 Å². The monoisotopic (exact) mass is 407 g/mol. The van der Waals surface area contributed by atoms with Crippen molar-refractivity contribution in [3.63, 3.8) is 0 Å². The molecule has 0 bridgehead atoms. The van der Waals surface area contributed by atoms with Crippen LogP contribution in [0.15, 0.2) is 47.4 Å². The molecule has 2 heterocycles. The topological polar surface area (TPSA) is 55.2 Å². The SMILES string of the molecule is Cc1ccc(S(=O)(=O)n2nc(N3CC(C)C(F)C3)c3c(Cl)cccc32)cc1. The van der Waals surface area contributed by atoms with Gasteiger partial charge in [-0.2, -0.15) is 12.5 Å². The molecule has 0 radical (unpaired) electrons. The summed E-state index contributed by atoms with van der Waals surface area (Å²) in [6.07, 6.45) is -0.985. The second kappa shape index (κ2) is 6.49. The van der Waals surface area contributed by atoms with Gasteiger partial charge in [0.25, 0.3) is 10.0 Å². The molecule has 8 heteroatoms. The summed E-state index contributed by atoms with van der Waals surface area (Å²) in [5.74, 6) is 0.250. The summed E-state index contributed by atoms with van der Waals surface area (Å²) in [5, 5.41) is 5.29. The Morgan fingerprint density at radius 1 is 1.15 bits per heavy atom. The van der Waals surface area contributed by atoms with E-state index in [0.717, 1.165) is 9.65 Å². The molecule has 1 fully saturated rings. The Balaban J connectivity index is 1.92. The lowest BCUT2D eigenvalue weighted by Crippen LogP contribution is -2.22. The highest BCUT2D eigenvalue weighted by atomic mass is 35.5. The maximum absolute atomic E-state index is 14.1. The van der Waals surface area contributed by atoms with Gasteiger partial charge in [-0.25, -0.2) is 4.39 Å². The lowest BCUT2D eigenvalue weighted by atomic mass is 10.1. The van der Waals surface area contributed by atoms with Crippen LogP contribution in [0.5, 0.6) is 0 Å². The number of nitrogens with zero attached hydrogens (tertiary/aromatic N) is 3. The average molecular weight is 408 g/mol. The summed E-state index contributed by atoms with van der Waals surface area (Å²) >= 11 is 6.38. The predicted molar refractivity (Wildman–Crippen MR) is 105 cm³/mol. The number of alkyl halides is 1. The van der Waals surface area contributed by atoms with Crippen molar-refractivity contribution < 1.29 is 12.8 Å². The molecule has 4 rings (SSSR count). The number of rotatable bonds is 3. The van der Waals surface area contributed by atoms with Crippen LogP contribution in [-0.2, 0) is 10.0 Å². The fourth-order valence-corrected chi connectivity index (χ4v) is 4.93. The second-order valence-corrected chi connectivity index (χ2v) is 9.19. The molecule has 2 atom stereocenters. The van der Waals surface area contributed by atoms with E-state index in [2.05, 4.69) is 5.10 Å². The van der Waals surface area contributed by atoms with Gasteiger partial charge in [0.2, 0.25) is 0 Å². The molecule has 0 amide bonds. The number of aromatic nitrogens is 2. The third-order valence-electron chi connectivity index (χ3n) is 4.97. The van der Waals surface area contributed by atoms with Crippen molar-refractivity contribution in [2.45, 2.75) is 24.9 Å². The summed E-state index contributed by atoms with van der Waals surface area (Å²) in [7, 11) is -3.91. The third kappa shape index (κ3) is 2.99. The molecule has 0 spiro atoms. The Bertz CT molecular complexity index is 1100. The highest BCUT2D eigenvalue weighted by molar-refractivity contribution is 7.90. The fraction of sp³-hybridized carbons (Fsp3) is 0.316. The van der Waals surface area contributed by atoms with Gasteiger partial charge in [0.15, 0.2) is 5.82 Å². The summed E-state index contributed by atoms with van der Waals surface area (Å²) in [6, 6.07) is 11.6. The van der Waals surface area contributed by atoms with E-state index >= 15 is 0 Å². The van der Waals surface area contributed by atoms with Crippen LogP contribution < -0.4 is 4.90 Å². The molecule has 27 heavy (non-hydrogen) atoms. The molecule has 2 unspecified atom stereocenters. The predicted octanol–water partition coefficient (Wildman–Crippen LogP) is 4.03. The summed E-state index contributed by atoms with van der Waals surface area (Å²) in [5.41, 5.74) is 1.34. The van der Waals surface area contributed by atoms with Gasteiger partial charge in [-0.15, -0.1) is 5.10 Å².